The summed E-state index contributed by atoms with van der Waals surface area (Å²) in [5, 5.41) is 101. The fourth-order valence-electron chi connectivity index (χ4n) is 15.3. The number of carbonyl (C=O) groups is 18. The summed E-state index contributed by atoms with van der Waals surface area (Å²) in [6.07, 6.45) is -0.319. The molecule has 5 heterocycles. The van der Waals surface area contributed by atoms with E-state index in [0.717, 1.165) is 64.8 Å². The summed E-state index contributed by atoms with van der Waals surface area (Å²) in [6, 6.07) is -11.2. The maximum Gasteiger partial charge on any atom is 0.244 e. The van der Waals surface area contributed by atoms with Gasteiger partial charge < -0.3 is 156 Å². The van der Waals surface area contributed by atoms with Gasteiger partial charge in [0.2, 0.25) is 106 Å². The molecule has 4 aliphatic rings. The topological polar surface area (TPSA) is 849 Å². The molecule has 2 aromatic carbocycles. The lowest BCUT2D eigenvalue weighted by molar-refractivity contribution is -0.136. The van der Waals surface area contributed by atoms with Crippen LogP contribution in [0.25, 0.3) is 10.9 Å². The van der Waals surface area contributed by atoms with E-state index >= 15 is 57.5 Å². The van der Waals surface area contributed by atoms with Crippen molar-refractivity contribution in [1.29, 1.82) is 27.0 Å². The zero-order chi connectivity index (χ0) is 108. The number of nitrogens with one attached hydrogen (secondary N) is 29. The van der Waals surface area contributed by atoms with Crippen molar-refractivity contribution in [3.05, 3.63) is 71.9 Å². The van der Waals surface area contributed by atoms with Gasteiger partial charge >= 0.3 is 0 Å². The minimum Gasteiger partial charge on any atom is -0.370 e. The minimum absolute atomic E-state index is 0.00818. The first-order chi connectivity index (χ1) is 70.0. The number of para-hydroxylation sites is 1. The molecule has 4 saturated heterocycles. The highest BCUT2D eigenvalue weighted by molar-refractivity contribution is 8.77. The first kappa shape index (κ1) is 121. The van der Waals surface area contributed by atoms with Crippen LogP contribution < -0.4 is 151 Å². The first-order valence-corrected chi connectivity index (χ1v) is 55.5. The first-order valence-electron chi connectivity index (χ1n) is 48.1. The molecule has 7 rings (SSSR count). The van der Waals surface area contributed by atoms with Crippen LogP contribution in [0.4, 0.5) is 0 Å². The number of aromatic amines is 1. The number of H-pyrrole nitrogens is 1. The van der Waals surface area contributed by atoms with Crippen LogP contribution >= 0.6 is 64.8 Å². The maximum atomic E-state index is 15.9. The summed E-state index contributed by atoms with van der Waals surface area (Å²) in [5.74, 6) is -25.7. The van der Waals surface area contributed by atoms with Gasteiger partial charge in [-0.3, -0.25) is 113 Å². The second-order valence-corrected chi connectivity index (χ2v) is 43.7. The number of aromatic nitrogens is 1. The number of fused-ring (bicyclic) bond motifs is 16. The van der Waals surface area contributed by atoms with Gasteiger partial charge in [-0.1, -0.05) is 161 Å². The summed E-state index contributed by atoms with van der Waals surface area (Å²) in [6.45, 7) is 7.90. The molecule has 52 nitrogen and oxygen atoms in total. The number of amides is 18. The Morgan fingerprint density at radius 1 is 0.327 bits per heavy atom. The number of hydrogen-bond acceptors (Lipinski definition) is 29. The third kappa shape index (κ3) is 42.7. The van der Waals surface area contributed by atoms with E-state index < -0.39 is 298 Å². The molecule has 58 heteroatoms. The average molecular weight is 2170 g/mol. The van der Waals surface area contributed by atoms with Crippen LogP contribution in [0.2, 0.25) is 0 Å². The zero-order valence-corrected chi connectivity index (χ0v) is 87.4. The largest absolute Gasteiger partial charge is 0.370 e. The van der Waals surface area contributed by atoms with Crippen LogP contribution in [-0.2, 0) is 99.1 Å². The quantitative estimate of drug-likeness (QED) is 0.0133. The molecule has 4 fully saturated rings. The molecule has 810 valence electrons. The SMILES string of the molecule is CC[C@H](C)[C@@H]1NC(=O)[C@@H]2CSSC[C@H](NC(=O)[C@H](CCCNC(=N)N)NC(=O)[C@@H]3CSSC[C@H](NC1=O)C(=O)N[C@@H](Cc1c[nH]c4ccccc14)C(=O)N[C@@H](CCCNC(=N)N)C(=O)NCC(=O)N[C@@H](Cc1ccccc1)C(=O)N3)C(=O)N[C@@H](CC(C)C)C(=O)N[C@H]1CSSC[C@H](NC(=O)[C@H](C(C)C)NC(=O)CNC(=O)[C@H](CCCNC(=N)N)NC(=O)[C@H](CCCNC(=N)N)NC1=O)C(=O)N[C@@H](CCCNC(=N)N)C(=O)N2. The maximum absolute atomic E-state index is 15.9. The molecule has 6 bridgehead atoms. The van der Waals surface area contributed by atoms with Crippen LogP contribution in [-0.4, -0.2) is 318 Å². The van der Waals surface area contributed by atoms with E-state index in [2.05, 4.69) is 127 Å². The highest BCUT2D eigenvalue weighted by Crippen LogP contribution is 2.29. The summed E-state index contributed by atoms with van der Waals surface area (Å²) >= 11 is 0. The third-order valence-corrected chi connectivity index (χ3v) is 30.7. The predicted molar refractivity (Wildman–Crippen MR) is 563 cm³/mol. The Kier molecular flexibility index (Phi) is 51.6. The van der Waals surface area contributed by atoms with Crippen LogP contribution in [0.15, 0.2) is 60.8 Å². The van der Waals surface area contributed by atoms with Gasteiger partial charge in [0.15, 0.2) is 29.8 Å². The number of guanidine groups is 5. The van der Waals surface area contributed by atoms with Gasteiger partial charge in [0, 0.05) is 97.2 Å². The summed E-state index contributed by atoms with van der Waals surface area (Å²) in [5.41, 5.74) is 29.9. The number of nitrogens with two attached hydrogens (primary N) is 5. The second-order valence-electron chi connectivity index (χ2n) is 36.0. The molecule has 147 heavy (non-hydrogen) atoms. The van der Waals surface area contributed by atoms with E-state index in [1.54, 1.807) is 102 Å². The van der Waals surface area contributed by atoms with Crippen LogP contribution in [0, 0.1) is 44.8 Å². The van der Waals surface area contributed by atoms with Crippen molar-refractivity contribution in [2.24, 2.45) is 46.4 Å². The third-order valence-electron chi connectivity index (χ3n) is 23.5. The normalized spacial score (nSPS) is 25.2. The Hall–Kier alpha value is -13.1. The number of carbonyl (C=O) groups excluding carboxylic acids is 18. The molecular weight excluding hydrogens is 2030 g/mol. The van der Waals surface area contributed by atoms with Gasteiger partial charge in [0.05, 0.1) is 13.1 Å². The second kappa shape index (κ2) is 62.8. The van der Waals surface area contributed by atoms with Crippen molar-refractivity contribution in [2.75, 3.05) is 80.3 Å². The standard InChI is InChI=1S/C89H140N34O18S6/c1-7-46(6)68-84(141)121-63-42-146-143-39-60(119-75(132)57(33-47-18-9-8-10-19-47)108-65(124)36-106-70(127)52(23-14-28-101-86(92)93)110-76(133)58(115-81(63)138)34-48-35-105-50-21-12-11-20-49(48)50)78(135)112-54(25-16-30-103-88(96)97)72(129)116-61-40-144-147-43-64(82(139)123-68)117-73(130)55(26-17-31-104-89(98)99)113-79(136)62-41-145-142-38-59(118-74(131)56(32-44(2)3)114-80(61)137)77(134)111-53(24-15-29-102-87(94)95)71(128)109-51(22-13-27-100-85(90)91)69(126)107-37-66(125)122-67(45(4)5)83(140)120-62/h8-12,18-21,35,44-46,51-64,67-68,105H,7,13-17,22-34,36-43H2,1-6H3,(H,106,127)(H,107,126)(H,108,124)(H,109,128)(H,110,133)(H,111,134)(H,112,135)(H,113,136)(H,114,137)(H,115,138)(H,116,129)(H,117,130)(H,118,131)(H,119,132)(H,120,140)(H,121,141)(H,122,125)(H,123,139)(H4,90,91,100)(H4,92,93,101)(H4,94,95,102)(H4,96,97,103)(H4,98,99,104)/t46-,51-,52-,53-,54-,55-,56-,57-,58-,59-,60-,61-,62-,63-,64-,67-,68-/m0/s1. The molecule has 18 amide bonds. The fraction of sp³-hybridized carbons (Fsp3) is 0.584. The van der Waals surface area contributed by atoms with Gasteiger partial charge in [0.1, 0.15) is 96.7 Å². The molecule has 0 spiro atoms. The van der Waals surface area contributed by atoms with E-state index in [9.17, 15) is 28.8 Å². The van der Waals surface area contributed by atoms with E-state index in [0.29, 0.717) is 22.0 Å². The predicted octanol–water partition coefficient (Wildman–Crippen LogP) is -6.79. The van der Waals surface area contributed by atoms with Gasteiger partial charge in [-0.2, -0.15) is 0 Å². The van der Waals surface area contributed by atoms with Crippen molar-refractivity contribution in [1.82, 2.24) is 127 Å². The van der Waals surface area contributed by atoms with Gasteiger partial charge in [0.25, 0.3) is 0 Å². The fourth-order valence-corrected chi connectivity index (χ4v) is 22.3. The Morgan fingerprint density at radius 3 is 0.986 bits per heavy atom. The average Bonchev–Trinajstić information content (AvgIpc) is 1.69. The molecule has 0 radical (unpaired) electrons. The Bertz CT molecular complexity index is 5110. The van der Waals surface area contributed by atoms with Gasteiger partial charge in [-0.15, -0.1) is 0 Å². The molecule has 3 aromatic rings. The van der Waals surface area contributed by atoms with Crippen molar-refractivity contribution >= 4 is 212 Å². The molecular formula is C89H140N34O18S6. The lowest BCUT2D eigenvalue weighted by Gasteiger charge is -2.30. The zero-order valence-electron chi connectivity index (χ0n) is 82.5. The molecule has 0 saturated carbocycles. The van der Waals surface area contributed by atoms with E-state index in [-0.39, 0.29) is 123 Å². The minimum atomic E-state index is -1.81. The van der Waals surface area contributed by atoms with Crippen molar-refractivity contribution < 1.29 is 86.3 Å². The Labute approximate surface area is 873 Å². The molecule has 1 aromatic heterocycles. The lowest BCUT2D eigenvalue weighted by atomic mass is 9.97. The van der Waals surface area contributed by atoms with Crippen LogP contribution in [0.1, 0.15) is 130 Å². The summed E-state index contributed by atoms with van der Waals surface area (Å²) < 4.78 is 0. The van der Waals surface area contributed by atoms with Crippen molar-refractivity contribution in [3.63, 3.8) is 0 Å². The Balaban J connectivity index is 1.47. The molecule has 0 aliphatic carbocycles. The molecule has 4 aliphatic heterocycles. The van der Waals surface area contributed by atoms with Crippen LogP contribution in [0.3, 0.4) is 0 Å². The van der Waals surface area contributed by atoms with Crippen molar-refractivity contribution in [3.8, 4) is 0 Å². The summed E-state index contributed by atoms with van der Waals surface area (Å²) in [7, 11) is 4.98. The van der Waals surface area contributed by atoms with Gasteiger partial charge in [-0.25, -0.2) is 0 Å². The van der Waals surface area contributed by atoms with E-state index in [4.69, 9.17) is 55.7 Å². The number of rotatable bonds is 29. The Morgan fingerprint density at radius 2 is 0.619 bits per heavy atom. The van der Waals surface area contributed by atoms with Crippen LogP contribution in [0.5, 0.6) is 0 Å². The highest BCUT2D eigenvalue weighted by Gasteiger charge is 2.42. The molecule has 39 N–H and O–H groups in total. The monoisotopic (exact) mass is 2160 g/mol. The highest BCUT2D eigenvalue weighted by atomic mass is 33.1. The smallest absolute Gasteiger partial charge is 0.244 e. The number of benzene rings is 2. The van der Waals surface area contributed by atoms with Crippen molar-refractivity contribution in [2.45, 2.75) is 228 Å². The number of hydrogen-bond donors (Lipinski definition) is 34. The summed E-state index contributed by atoms with van der Waals surface area (Å²) in [4.78, 5) is 278. The van der Waals surface area contributed by atoms with Gasteiger partial charge in [-0.05, 0) is 106 Å². The molecule has 17 atom stereocenters. The lowest BCUT2D eigenvalue weighted by Crippen LogP contribution is -2.62. The van der Waals surface area contributed by atoms with E-state index in [1.807, 2.05) is 0 Å². The molecule has 0 unspecified atom stereocenters. The van der Waals surface area contributed by atoms with E-state index in [1.165, 1.54) is 0 Å².